The third-order valence-electron chi connectivity index (χ3n) is 4.38. The number of ether oxygens (including phenoxy) is 1. The second-order valence-corrected chi connectivity index (χ2v) is 8.81. The highest BCUT2D eigenvalue weighted by molar-refractivity contribution is 7.92. The lowest BCUT2D eigenvalue weighted by molar-refractivity contribution is -0.136. The Bertz CT molecular complexity index is 865. The predicted octanol–water partition coefficient (Wildman–Crippen LogP) is 4.38. The lowest BCUT2D eigenvalue weighted by Gasteiger charge is -2.14. The molecule has 7 heteroatoms. The smallest absolute Gasteiger partial charge is 0.322 e. The number of rotatable bonds is 10. The van der Waals surface area contributed by atoms with Crippen molar-refractivity contribution < 1.29 is 23.1 Å². The Kier molecular flexibility index (Phi) is 7.68. The van der Waals surface area contributed by atoms with E-state index in [4.69, 9.17) is 16.3 Å². The van der Waals surface area contributed by atoms with E-state index >= 15 is 0 Å². The summed E-state index contributed by atoms with van der Waals surface area (Å²) in [5.74, 6) is -0.551. The fourth-order valence-corrected chi connectivity index (χ4v) is 4.75. The van der Waals surface area contributed by atoms with Crippen molar-refractivity contribution in [3.63, 3.8) is 0 Å². The average Bonchev–Trinajstić information content (AvgIpc) is 2.65. The average molecular weight is 411 g/mol. The van der Waals surface area contributed by atoms with Crippen LogP contribution in [0.5, 0.6) is 5.75 Å². The molecule has 2 rings (SSSR count). The Morgan fingerprint density at radius 2 is 1.81 bits per heavy atom. The fraction of sp³-hybridized carbons (Fsp3) is 0.350. The van der Waals surface area contributed by atoms with Crippen LogP contribution in [0.25, 0.3) is 0 Å². The van der Waals surface area contributed by atoms with Crippen LogP contribution in [0.3, 0.4) is 0 Å². The summed E-state index contributed by atoms with van der Waals surface area (Å²) in [5, 5.41) is 8.59. The number of aryl methyl sites for hydroxylation is 1. The van der Waals surface area contributed by atoms with Gasteiger partial charge in [-0.2, -0.15) is 0 Å². The molecule has 0 saturated carbocycles. The Labute approximate surface area is 164 Å². The Morgan fingerprint density at radius 1 is 1.11 bits per heavy atom. The van der Waals surface area contributed by atoms with Gasteiger partial charge in [-0.1, -0.05) is 42.6 Å². The van der Waals surface area contributed by atoms with Crippen molar-refractivity contribution >= 4 is 27.4 Å². The van der Waals surface area contributed by atoms with Crippen LogP contribution >= 0.6 is 11.6 Å². The molecule has 1 unspecified atom stereocenters. The molecule has 2 aromatic carbocycles. The van der Waals surface area contributed by atoms with Crippen LogP contribution in [-0.4, -0.2) is 31.9 Å². The lowest BCUT2D eigenvalue weighted by Crippen LogP contribution is -2.30. The van der Waals surface area contributed by atoms with Crippen LogP contribution in [0, 0.1) is 0 Å². The zero-order valence-corrected chi connectivity index (χ0v) is 16.7. The molecular formula is C20H23ClO5S. The zero-order valence-electron chi connectivity index (χ0n) is 15.1. The van der Waals surface area contributed by atoms with E-state index in [-0.39, 0.29) is 11.3 Å². The summed E-state index contributed by atoms with van der Waals surface area (Å²) in [6.45, 7) is 0. The first-order chi connectivity index (χ1) is 12.9. The largest absolute Gasteiger partial charge is 0.496 e. The minimum absolute atomic E-state index is 0.0427. The number of methoxy groups -OCH3 is 1. The molecule has 0 aromatic heterocycles. The van der Waals surface area contributed by atoms with Gasteiger partial charge in [0.05, 0.1) is 12.0 Å². The molecule has 0 aliphatic carbocycles. The summed E-state index contributed by atoms with van der Waals surface area (Å²) in [6.07, 6.45) is 2.82. The van der Waals surface area contributed by atoms with Crippen LogP contribution in [0.15, 0.2) is 53.4 Å². The highest BCUT2D eigenvalue weighted by Crippen LogP contribution is 2.25. The molecule has 0 radical (unpaired) electrons. The number of hydrogen-bond donors (Lipinski definition) is 1. The maximum Gasteiger partial charge on any atom is 0.322 e. The minimum atomic E-state index is -3.89. The van der Waals surface area contributed by atoms with Crippen molar-refractivity contribution in [3.8, 4) is 5.75 Å². The number of carboxylic acids is 1. The van der Waals surface area contributed by atoms with Crippen molar-refractivity contribution in [2.75, 3.05) is 7.11 Å². The van der Waals surface area contributed by atoms with Gasteiger partial charge in [0.2, 0.25) is 0 Å². The van der Waals surface area contributed by atoms with E-state index in [0.29, 0.717) is 17.9 Å². The van der Waals surface area contributed by atoms with Gasteiger partial charge >= 0.3 is 5.97 Å². The van der Waals surface area contributed by atoms with Crippen molar-refractivity contribution in [3.05, 3.63) is 59.1 Å². The fourth-order valence-electron chi connectivity index (χ4n) is 2.95. The monoisotopic (exact) mass is 410 g/mol. The number of carboxylic acid groups (broad SMARTS) is 1. The standard InChI is InChI=1S/C20H23ClO5S/c1-26-18-13-12-16(21)14-15(18)8-4-2-7-11-19(20(22)23)27(24,25)17-9-5-3-6-10-17/h3,5-6,9-10,12-14,19H,2,4,7-8,11H2,1H3,(H,22,23). The van der Waals surface area contributed by atoms with Crippen molar-refractivity contribution in [1.82, 2.24) is 0 Å². The van der Waals surface area contributed by atoms with Gasteiger partial charge in [0, 0.05) is 5.02 Å². The SMILES string of the molecule is COc1ccc(Cl)cc1CCCCCC(C(=O)O)S(=O)(=O)c1ccccc1. The van der Waals surface area contributed by atoms with E-state index in [9.17, 15) is 18.3 Å². The molecule has 27 heavy (non-hydrogen) atoms. The molecule has 2 aromatic rings. The normalized spacial score (nSPS) is 12.5. The van der Waals surface area contributed by atoms with Gasteiger partial charge in [-0.15, -0.1) is 0 Å². The van der Waals surface area contributed by atoms with Crippen LogP contribution in [0.1, 0.15) is 31.2 Å². The molecule has 0 aliphatic rings. The van der Waals surface area contributed by atoms with E-state index in [1.54, 1.807) is 31.4 Å². The predicted molar refractivity (Wildman–Crippen MR) is 105 cm³/mol. The minimum Gasteiger partial charge on any atom is -0.496 e. The van der Waals surface area contributed by atoms with Crippen molar-refractivity contribution in [2.45, 2.75) is 42.2 Å². The number of benzene rings is 2. The number of hydrogen-bond acceptors (Lipinski definition) is 4. The van der Waals surface area contributed by atoms with Crippen LogP contribution < -0.4 is 4.74 Å². The number of unbranched alkanes of at least 4 members (excludes halogenated alkanes) is 2. The quantitative estimate of drug-likeness (QED) is 0.588. The summed E-state index contributed by atoms with van der Waals surface area (Å²) < 4.78 is 30.4. The summed E-state index contributed by atoms with van der Waals surface area (Å²) >= 11 is 6.01. The third kappa shape index (κ3) is 5.71. The molecule has 0 aliphatic heterocycles. The van der Waals surface area contributed by atoms with Gasteiger partial charge in [-0.05, 0) is 55.2 Å². The first kappa shape index (κ1) is 21.3. The van der Waals surface area contributed by atoms with Gasteiger partial charge in [0.25, 0.3) is 0 Å². The highest BCUT2D eigenvalue weighted by atomic mass is 35.5. The molecule has 1 atom stereocenters. The summed E-state index contributed by atoms with van der Waals surface area (Å²) in [6, 6.07) is 13.1. The van der Waals surface area contributed by atoms with Gasteiger partial charge in [0.15, 0.2) is 15.1 Å². The summed E-state index contributed by atoms with van der Waals surface area (Å²) in [5.41, 5.74) is 0.983. The molecule has 0 spiro atoms. The Morgan fingerprint density at radius 3 is 2.44 bits per heavy atom. The molecule has 1 N–H and O–H groups in total. The number of carbonyl (C=O) groups is 1. The van der Waals surface area contributed by atoms with E-state index in [0.717, 1.165) is 24.2 Å². The molecule has 0 amide bonds. The summed E-state index contributed by atoms with van der Waals surface area (Å²) in [7, 11) is -2.30. The molecule has 146 valence electrons. The molecule has 5 nitrogen and oxygen atoms in total. The van der Waals surface area contributed by atoms with Gasteiger partial charge in [0.1, 0.15) is 5.75 Å². The van der Waals surface area contributed by atoms with Crippen molar-refractivity contribution in [1.29, 1.82) is 0 Å². The van der Waals surface area contributed by atoms with E-state index < -0.39 is 21.1 Å². The lowest BCUT2D eigenvalue weighted by atomic mass is 10.0. The number of halogens is 1. The first-order valence-corrected chi connectivity index (χ1v) is 10.6. The molecule has 0 heterocycles. The van der Waals surface area contributed by atoms with E-state index in [2.05, 4.69) is 0 Å². The van der Waals surface area contributed by atoms with E-state index in [1.165, 1.54) is 12.1 Å². The second-order valence-electron chi connectivity index (χ2n) is 6.24. The van der Waals surface area contributed by atoms with E-state index in [1.807, 2.05) is 12.1 Å². The molecule has 0 bridgehead atoms. The van der Waals surface area contributed by atoms with Crippen LogP contribution in [0.4, 0.5) is 0 Å². The van der Waals surface area contributed by atoms with Gasteiger partial charge < -0.3 is 9.84 Å². The van der Waals surface area contributed by atoms with Gasteiger partial charge in [-0.25, -0.2) is 8.42 Å². The highest BCUT2D eigenvalue weighted by Gasteiger charge is 2.33. The Hall–Kier alpha value is -2.05. The van der Waals surface area contributed by atoms with Crippen LogP contribution in [-0.2, 0) is 21.1 Å². The van der Waals surface area contributed by atoms with Gasteiger partial charge in [-0.3, -0.25) is 4.79 Å². The molecule has 0 saturated heterocycles. The number of aliphatic carboxylic acids is 1. The summed E-state index contributed by atoms with van der Waals surface area (Å²) in [4.78, 5) is 11.6. The molecule has 0 fully saturated rings. The van der Waals surface area contributed by atoms with Crippen LogP contribution in [0.2, 0.25) is 5.02 Å². The van der Waals surface area contributed by atoms with Crippen molar-refractivity contribution in [2.24, 2.45) is 0 Å². The topological polar surface area (TPSA) is 80.7 Å². The second kappa shape index (κ2) is 9.76. The third-order valence-corrected chi connectivity index (χ3v) is 6.73. The maximum absolute atomic E-state index is 12.6. The first-order valence-electron chi connectivity index (χ1n) is 8.70. The molecular weight excluding hydrogens is 388 g/mol. The maximum atomic E-state index is 12.6. The Balaban J connectivity index is 1.93. The zero-order chi connectivity index (χ0) is 19.9. The number of sulfone groups is 1.